The maximum absolute atomic E-state index is 13.3. The van der Waals surface area contributed by atoms with Crippen LogP contribution in [0.15, 0.2) is 58.4 Å². The molecule has 1 amide bonds. The third-order valence-electron chi connectivity index (χ3n) is 6.00. The molecule has 1 aromatic heterocycles. The van der Waals surface area contributed by atoms with Crippen molar-refractivity contribution in [1.29, 1.82) is 0 Å². The summed E-state index contributed by atoms with van der Waals surface area (Å²) in [6, 6.07) is 7.83. The van der Waals surface area contributed by atoms with Gasteiger partial charge in [0, 0.05) is 31.7 Å². The molecule has 2 aliphatic rings. The molecule has 1 unspecified atom stereocenters. The number of methoxy groups -OCH3 is 2. The second-order valence-corrected chi connectivity index (χ2v) is 7.91. The van der Waals surface area contributed by atoms with Gasteiger partial charge < -0.3 is 28.6 Å². The molecule has 2 aliphatic heterocycles. The summed E-state index contributed by atoms with van der Waals surface area (Å²) < 4.78 is 21.7. The highest BCUT2D eigenvalue weighted by Crippen LogP contribution is 2.44. The zero-order chi connectivity index (χ0) is 24.1. The van der Waals surface area contributed by atoms with E-state index in [2.05, 4.69) is 4.90 Å². The number of nitrogens with zero attached hydrogens (tertiary/aromatic N) is 2. The molecule has 0 bridgehead atoms. The molecule has 0 aliphatic carbocycles. The number of hydrogen-bond acceptors (Lipinski definition) is 8. The molecule has 9 heteroatoms. The monoisotopic (exact) mass is 468 g/mol. The molecule has 1 aromatic carbocycles. The Kier molecular flexibility index (Phi) is 7.34. The maximum Gasteiger partial charge on any atom is 0.290 e. The molecule has 180 valence electrons. The number of aliphatic hydroxyl groups is 1. The number of rotatable bonds is 9. The zero-order valence-corrected chi connectivity index (χ0v) is 19.2. The number of carbonyl (C=O) groups excluding carboxylic acids is 2. The summed E-state index contributed by atoms with van der Waals surface area (Å²) in [7, 11) is 3.02. The molecular weight excluding hydrogens is 440 g/mol. The van der Waals surface area contributed by atoms with E-state index in [0.717, 1.165) is 13.1 Å². The first-order chi connectivity index (χ1) is 16.5. The molecule has 0 saturated carbocycles. The second kappa shape index (κ2) is 10.6. The van der Waals surface area contributed by atoms with Crippen molar-refractivity contribution >= 4 is 17.8 Å². The lowest BCUT2D eigenvalue weighted by molar-refractivity contribution is -0.129. The Morgan fingerprint density at radius 3 is 2.62 bits per heavy atom. The van der Waals surface area contributed by atoms with E-state index < -0.39 is 23.5 Å². The first-order valence-electron chi connectivity index (χ1n) is 11.1. The lowest BCUT2D eigenvalue weighted by atomic mass is 9.94. The Hall–Kier alpha value is -3.56. The number of ether oxygens (including phenoxy) is 3. The van der Waals surface area contributed by atoms with E-state index >= 15 is 0 Å². The summed E-state index contributed by atoms with van der Waals surface area (Å²) >= 11 is 0. The lowest BCUT2D eigenvalue weighted by Gasteiger charge is -2.32. The third-order valence-corrected chi connectivity index (χ3v) is 6.00. The van der Waals surface area contributed by atoms with Gasteiger partial charge in [0.1, 0.15) is 5.76 Å². The van der Waals surface area contributed by atoms with Gasteiger partial charge in [-0.15, -0.1) is 0 Å². The Balaban J connectivity index is 1.71. The van der Waals surface area contributed by atoms with Gasteiger partial charge in [-0.2, -0.15) is 0 Å². The maximum atomic E-state index is 13.3. The summed E-state index contributed by atoms with van der Waals surface area (Å²) in [5.41, 5.74) is 0.539. The number of ketones is 1. The van der Waals surface area contributed by atoms with E-state index in [1.165, 1.54) is 37.5 Å². The third kappa shape index (κ3) is 4.71. The number of para-hydroxylation sites is 1. The van der Waals surface area contributed by atoms with E-state index in [-0.39, 0.29) is 5.57 Å². The Labute approximate surface area is 197 Å². The van der Waals surface area contributed by atoms with Crippen molar-refractivity contribution in [2.75, 3.05) is 53.6 Å². The van der Waals surface area contributed by atoms with Crippen LogP contribution >= 0.6 is 0 Å². The van der Waals surface area contributed by atoms with Crippen molar-refractivity contribution in [2.24, 2.45) is 0 Å². The standard InChI is InChI=1S/C25H28N2O7/c1-31-20-7-3-6-18(24(20)32-2)22-21(19(28)9-8-17-5-4-14-34-17)23(29)25(30)27(22)11-10-26-12-15-33-16-13-26/h3-9,14,22,29H,10-13,15-16H2,1-2H3/b9-8+. The van der Waals surface area contributed by atoms with Crippen LogP contribution in [0.2, 0.25) is 0 Å². The van der Waals surface area contributed by atoms with E-state index in [4.69, 9.17) is 18.6 Å². The SMILES string of the molecule is COc1cccc(C2C(C(=O)/C=C/c3ccco3)=C(O)C(=O)N2CCN2CCOCC2)c1OC. The van der Waals surface area contributed by atoms with Crippen LogP contribution in [-0.4, -0.2) is 80.2 Å². The quantitative estimate of drug-likeness (QED) is 0.561. The molecule has 34 heavy (non-hydrogen) atoms. The lowest BCUT2D eigenvalue weighted by Crippen LogP contribution is -2.43. The fraction of sp³-hybridized carbons (Fsp3) is 0.360. The van der Waals surface area contributed by atoms with Crippen molar-refractivity contribution in [3.63, 3.8) is 0 Å². The summed E-state index contributed by atoms with van der Waals surface area (Å²) in [5.74, 6) is -0.314. The van der Waals surface area contributed by atoms with Gasteiger partial charge in [0.25, 0.3) is 5.91 Å². The summed E-state index contributed by atoms with van der Waals surface area (Å²) in [4.78, 5) is 30.1. The van der Waals surface area contributed by atoms with Crippen LogP contribution in [0.4, 0.5) is 0 Å². The van der Waals surface area contributed by atoms with Gasteiger partial charge in [-0.3, -0.25) is 14.5 Å². The number of benzene rings is 1. The van der Waals surface area contributed by atoms with E-state index in [1.54, 1.807) is 30.3 Å². The van der Waals surface area contributed by atoms with Gasteiger partial charge in [0.2, 0.25) is 0 Å². The smallest absolute Gasteiger partial charge is 0.290 e. The van der Waals surface area contributed by atoms with Crippen LogP contribution in [0.5, 0.6) is 11.5 Å². The van der Waals surface area contributed by atoms with Crippen LogP contribution in [0.3, 0.4) is 0 Å². The van der Waals surface area contributed by atoms with E-state index in [9.17, 15) is 14.7 Å². The molecular formula is C25H28N2O7. The Morgan fingerprint density at radius 1 is 1.15 bits per heavy atom. The average molecular weight is 469 g/mol. The summed E-state index contributed by atoms with van der Waals surface area (Å²) in [5, 5.41) is 10.8. The first-order valence-corrected chi connectivity index (χ1v) is 11.1. The van der Waals surface area contributed by atoms with E-state index in [1.807, 2.05) is 0 Å². The minimum Gasteiger partial charge on any atom is -0.503 e. The zero-order valence-electron chi connectivity index (χ0n) is 19.2. The second-order valence-electron chi connectivity index (χ2n) is 7.91. The van der Waals surface area contributed by atoms with Crippen molar-refractivity contribution < 1.29 is 33.3 Å². The number of allylic oxidation sites excluding steroid dienone is 1. The molecule has 4 rings (SSSR count). The van der Waals surface area contributed by atoms with Crippen LogP contribution in [-0.2, 0) is 14.3 Å². The van der Waals surface area contributed by atoms with E-state index in [0.29, 0.717) is 49.1 Å². The molecule has 0 radical (unpaired) electrons. The number of furan rings is 1. The summed E-state index contributed by atoms with van der Waals surface area (Å²) in [6.07, 6.45) is 4.30. The van der Waals surface area contributed by atoms with Crippen molar-refractivity contribution in [1.82, 2.24) is 9.80 Å². The number of morpholine rings is 1. The molecule has 0 spiro atoms. The highest BCUT2D eigenvalue weighted by atomic mass is 16.5. The van der Waals surface area contributed by atoms with Crippen LogP contribution < -0.4 is 9.47 Å². The molecule has 1 atom stereocenters. The highest BCUT2D eigenvalue weighted by Gasteiger charge is 2.44. The molecule has 1 N–H and O–H groups in total. The predicted molar refractivity (Wildman–Crippen MR) is 124 cm³/mol. The van der Waals surface area contributed by atoms with Crippen molar-refractivity contribution in [2.45, 2.75) is 6.04 Å². The van der Waals surface area contributed by atoms with Crippen LogP contribution in [0.25, 0.3) is 6.08 Å². The predicted octanol–water partition coefficient (Wildman–Crippen LogP) is 2.61. The molecule has 2 aromatic rings. The molecule has 1 saturated heterocycles. The number of hydrogen-bond donors (Lipinski definition) is 1. The van der Waals surface area contributed by atoms with Crippen LogP contribution in [0.1, 0.15) is 17.4 Å². The molecule has 1 fully saturated rings. The van der Waals surface area contributed by atoms with Crippen molar-refractivity contribution in [3.05, 3.63) is 65.3 Å². The topological polar surface area (TPSA) is 102 Å². The minimum absolute atomic E-state index is 0.0127. The Bertz CT molecular complexity index is 1080. The largest absolute Gasteiger partial charge is 0.503 e. The minimum atomic E-state index is -0.840. The van der Waals surface area contributed by atoms with Gasteiger partial charge in [-0.1, -0.05) is 12.1 Å². The Morgan fingerprint density at radius 2 is 1.94 bits per heavy atom. The normalized spacial score (nSPS) is 19.3. The van der Waals surface area contributed by atoms with Crippen molar-refractivity contribution in [3.8, 4) is 11.5 Å². The van der Waals surface area contributed by atoms with Gasteiger partial charge in [0.05, 0.1) is 45.3 Å². The fourth-order valence-corrected chi connectivity index (χ4v) is 4.29. The van der Waals surface area contributed by atoms with Gasteiger partial charge in [0.15, 0.2) is 23.0 Å². The number of amides is 1. The van der Waals surface area contributed by atoms with Gasteiger partial charge >= 0.3 is 0 Å². The van der Waals surface area contributed by atoms with Gasteiger partial charge in [-0.25, -0.2) is 0 Å². The fourth-order valence-electron chi connectivity index (χ4n) is 4.29. The summed E-state index contributed by atoms with van der Waals surface area (Å²) in [6.45, 7) is 3.66. The highest BCUT2D eigenvalue weighted by molar-refractivity contribution is 6.14. The van der Waals surface area contributed by atoms with Crippen LogP contribution in [0, 0.1) is 0 Å². The number of carbonyl (C=O) groups is 2. The van der Waals surface area contributed by atoms with Gasteiger partial charge in [-0.05, 0) is 30.4 Å². The average Bonchev–Trinajstić information content (AvgIpc) is 3.48. The molecule has 9 nitrogen and oxygen atoms in total. The number of aliphatic hydroxyl groups excluding tert-OH is 1. The first kappa shape index (κ1) is 23.6. The molecule has 3 heterocycles.